The van der Waals surface area contributed by atoms with Gasteiger partial charge in [0.1, 0.15) is 0 Å². The van der Waals surface area contributed by atoms with Crippen LogP contribution in [0.25, 0.3) is 0 Å². The average molecular weight is 234 g/mol. The SMILES string of the molecule is CC(C)(C)C1(C(C)(C)C)Sc2ccccc21. The summed E-state index contributed by atoms with van der Waals surface area (Å²) in [5, 5.41) is 0. The van der Waals surface area contributed by atoms with Gasteiger partial charge in [0, 0.05) is 4.90 Å². The predicted octanol–water partition coefficient (Wildman–Crippen LogP) is 5.08. The van der Waals surface area contributed by atoms with Crippen LogP contribution < -0.4 is 0 Å². The Kier molecular flexibility index (Phi) is 2.47. The van der Waals surface area contributed by atoms with Gasteiger partial charge in [0.2, 0.25) is 0 Å². The van der Waals surface area contributed by atoms with Gasteiger partial charge in [-0.3, -0.25) is 0 Å². The van der Waals surface area contributed by atoms with Gasteiger partial charge in [-0.05, 0) is 22.5 Å². The summed E-state index contributed by atoms with van der Waals surface area (Å²) in [6.45, 7) is 14.2. The first-order chi connectivity index (χ1) is 7.20. The molecule has 0 fully saturated rings. The zero-order valence-corrected chi connectivity index (χ0v) is 12.0. The van der Waals surface area contributed by atoms with Crippen molar-refractivity contribution in [1.29, 1.82) is 0 Å². The molecule has 0 nitrogen and oxygen atoms in total. The van der Waals surface area contributed by atoms with E-state index in [2.05, 4.69) is 77.6 Å². The summed E-state index contributed by atoms with van der Waals surface area (Å²) in [5.41, 5.74) is 2.11. The summed E-state index contributed by atoms with van der Waals surface area (Å²) in [7, 11) is 0. The molecule has 2 rings (SSSR count). The van der Waals surface area contributed by atoms with Crippen molar-refractivity contribution in [1.82, 2.24) is 0 Å². The maximum Gasteiger partial charge on any atom is 0.0562 e. The quantitative estimate of drug-likeness (QED) is 0.603. The maximum atomic E-state index is 2.36. The van der Waals surface area contributed by atoms with Gasteiger partial charge in [-0.15, -0.1) is 11.8 Å². The Morgan fingerprint density at radius 3 is 1.81 bits per heavy atom. The van der Waals surface area contributed by atoms with Gasteiger partial charge in [0.25, 0.3) is 0 Å². The number of thioether (sulfide) groups is 1. The maximum absolute atomic E-state index is 2.36. The fourth-order valence-corrected chi connectivity index (χ4v) is 4.81. The number of benzene rings is 1. The summed E-state index contributed by atoms with van der Waals surface area (Å²) < 4.78 is 0.247. The topological polar surface area (TPSA) is 0 Å². The molecule has 0 saturated heterocycles. The number of hydrogen-bond acceptors (Lipinski definition) is 1. The Bertz CT molecular complexity index is 390. The molecule has 1 heteroatoms. The summed E-state index contributed by atoms with van der Waals surface area (Å²) in [4.78, 5) is 1.47. The first-order valence-corrected chi connectivity index (χ1v) is 6.80. The van der Waals surface area contributed by atoms with E-state index in [-0.39, 0.29) is 15.6 Å². The molecule has 0 bridgehead atoms. The molecule has 16 heavy (non-hydrogen) atoms. The highest BCUT2D eigenvalue weighted by Gasteiger charge is 2.58. The minimum Gasteiger partial charge on any atom is -0.113 e. The van der Waals surface area contributed by atoms with E-state index >= 15 is 0 Å². The summed E-state index contributed by atoms with van der Waals surface area (Å²) in [6.07, 6.45) is 0. The van der Waals surface area contributed by atoms with Crippen LogP contribution >= 0.6 is 11.8 Å². The Labute approximate surface area is 104 Å². The molecule has 0 spiro atoms. The molecule has 1 aromatic carbocycles. The lowest BCUT2D eigenvalue weighted by Crippen LogP contribution is -2.51. The smallest absolute Gasteiger partial charge is 0.0562 e. The molecule has 0 N–H and O–H groups in total. The molecule has 1 aliphatic heterocycles. The summed E-state index contributed by atoms with van der Waals surface area (Å²) in [6, 6.07) is 8.86. The van der Waals surface area contributed by atoms with E-state index < -0.39 is 0 Å². The average Bonchev–Trinajstić information content (AvgIpc) is 2.02. The highest BCUT2D eigenvalue weighted by atomic mass is 32.2. The molecule has 0 unspecified atom stereocenters. The Morgan fingerprint density at radius 1 is 0.875 bits per heavy atom. The molecule has 0 aromatic heterocycles. The molecule has 1 aromatic rings. The van der Waals surface area contributed by atoms with Gasteiger partial charge < -0.3 is 0 Å². The number of rotatable bonds is 0. The Hall–Kier alpha value is -0.430. The minimum atomic E-state index is 0.247. The lowest BCUT2D eigenvalue weighted by Gasteiger charge is -2.59. The van der Waals surface area contributed by atoms with Crippen molar-refractivity contribution in [3.8, 4) is 0 Å². The van der Waals surface area contributed by atoms with E-state index in [1.54, 1.807) is 5.56 Å². The van der Waals surface area contributed by atoms with E-state index in [0.29, 0.717) is 0 Å². The first kappa shape index (κ1) is 12.0. The van der Waals surface area contributed by atoms with Gasteiger partial charge in [0.15, 0.2) is 0 Å². The van der Waals surface area contributed by atoms with Gasteiger partial charge in [0.05, 0.1) is 4.75 Å². The molecule has 0 radical (unpaired) electrons. The van der Waals surface area contributed by atoms with E-state index in [9.17, 15) is 0 Å². The highest BCUT2D eigenvalue weighted by molar-refractivity contribution is 8.01. The van der Waals surface area contributed by atoms with Gasteiger partial charge in [-0.25, -0.2) is 0 Å². The summed E-state index contributed by atoms with van der Waals surface area (Å²) in [5.74, 6) is 0. The standard InChI is InChI=1S/C15H22S/c1-13(2,3)15(14(4,5)6)11-9-7-8-10-12(11)16-15/h7-10H,1-6H3. The molecule has 1 aliphatic rings. The van der Waals surface area contributed by atoms with Gasteiger partial charge in [-0.2, -0.15) is 0 Å². The van der Waals surface area contributed by atoms with Crippen LogP contribution in [0.3, 0.4) is 0 Å². The molecular weight excluding hydrogens is 212 g/mol. The van der Waals surface area contributed by atoms with Crippen molar-refractivity contribution in [3.63, 3.8) is 0 Å². The zero-order chi connectivity index (χ0) is 12.2. The monoisotopic (exact) mass is 234 g/mol. The number of fused-ring (bicyclic) bond motifs is 1. The third-order valence-electron chi connectivity index (χ3n) is 3.64. The Balaban J connectivity index is 2.60. The lowest BCUT2D eigenvalue weighted by atomic mass is 9.62. The summed E-state index contributed by atoms with van der Waals surface area (Å²) >= 11 is 2.06. The van der Waals surface area contributed by atoms with Crippen LogP contribution in [0, 0.1) is 10.8 Å². The van der Waals surface area contributed by atoms with Gasteiger partial charge >= 0.3 is 0 Å². The second kappa shape index (κ2) is 3.29. The highest BCUT2D eigenvalue weighted by Crippen LogP contribution is 2.70. The second-order valence-electron chi connectivity index (χ2n) is 6.78. The largest absolute Gasteiger partial charge is 0.113 e. The van der Waals surface area contributed by atoms with Crippen LogP contribution in [-0.2, 0) is 4.75 Å². The van der Waals surface area contributed by atoms with E-state index in [0.717, 1.165) is 0 Å². The van der Waals surface area contributed by atoms with Crippen molar-refractivity contribution >= 4 is 11.8 Å². The normalized spacial score (nSPS) is 18.9. The molecule has 1 heterocycles. The van der Waals surface area contributed by atoms with Crippen LogP contribution in [0.15, 0.2) is 29.2 Å². The Morgan fingerprint density at radius 2 is 1.38 bits per heavy atom. The molecule has 0 saturated carbocycles. The van der Waals surface area contributed by atoms with E-state index in [4.69, 9.17) is 0 Å². The minimum absolute atomic E-state index is 0.247. The van der Waals surface area contributed by atoms with Crippen molar-refractivity contribution in [2.75, 3.05) is 0 Å². The van der Waals surface area contributed by atoms with Crippen LogP contribution in [-0.4, -0.2) is 0 Å². The van der Waals surface area contributed by atoms with Crippen molar-refractivity contribution in [2.45, 2.75) is 51.2 Å². The van der Waals surface area contributed by atoms with Crippen molar-refractivity contribution < 1.29 is 0 Å². The van der Waals surface area contributed by atoms with Crippen molar-refractivity contribution in [3.05, 3.63) is 29.8 Å². The molecule has 0 atom stereocenters. The van der Waals surface area contributed by atoms with Crippen LogP contribution in [0.1, 0.15) is 47.1 Å². The predicted molar refractivity (Wildman–Crippen MR) is 72.9 cm³/mol. The third kappa shape index (κ3) is 1.37. The molecule has 88 valence electrons. The van der Waals surface area contributed by atoms with E-state index in [1.165, 1.54) is 4.90 Å². The van der Waals surface area contributed by atoms with E-state index in [1.807, 2.05) is 0 Å². The molecule has 0 amide bonds. The second-order valence-corrected chi connectivity index (χ2v) is 8.04. The molecular formula is C15H22S. The van der Waals surface area contributed by atoms with Crippen LogP contribution in [0.5, 0.6) is 0 Å². The molecule has 0 aliphatic carbocycles. The van der Waals surface area contributed by atoms with Crippen LogP contribution in [0.4, 0.5) is 0 Å². The van der Waals surface area contributed by atoms with Crippen molar-refractivity contribution in [2.24, 2.45) is 10.8 Å². The van der Waals surface area contributed by atoms with Gasteiger partial charge in [-0.1, -0.05) is 59.7 Å². The number of hydrogen-bond donors (Lipinski definition) is 0. The zero-order valence-electron chi connectivity index (χ0n) is 11.2. The third-order valence-corrected chi connectivity index (χ3v) is 5.97. The van der Waals surface area contributed by atoms with Crippen LogP contribution in [0.2, 0.25) is 0 Å². The fourth-order valence-electron chi connectivity index (χ4n) is 3.26. The lowest BCUT2D eigenvalue weighted by molar-refractivity contribution is 0.130. The first-order valence-electron chi connectivity index (χ1n) is 5.99. The fraction of sp³-hybridized carbons (Fsp3) is 0.600.